The Bertz CT molecular complexity index is 494. The van der Waals surface area contributed by atoms with Crippen molar-refractivity contribution in [2.45, 2.75) is 19.9 Å². The van der Waals surface area contributed by atoms with Crippen molar-refractivity contribution < 1.29 is 0 Å². The van der Waals surface area contributed by atoms with Crippen LogP contribution in [0.1, 0.15) is 21.1 Å². The standard InChI is InChI=1S/C12H13BrN2S/c1-8-11(7-14)16-12(15-8)6-9-3-2-4-10(13)5-9/h2-5H,6-7,14H2,1H3. The number of nitrogens with zero attached hydrogens (tertiary/aromatic N) is 1. The van der Waals surface area contributed by atoms with Gasteiger partial charge in [-0.3, -0.25) is 0 Å². The average molecular weight is 297 g/mol. The summed E-state index contributed by atoms with van der Waals surface area (Å²) in [5.74, 6) is 0. The van der Waals surface area contributed by atoms with Crippen molar-refractivity contribution in [3.05, 3.63) is 49.9 Å². The molecular weight excluding hydrogens is 284 g/mol. The third-order valence-electron chi connectivity index (χ3n) is 2.37. The summed E-state index contributed by atoms with van der Waals surface area (Å²) in [6.45, 7) is 2.60. The lowest BCUT2D eigenvalue weighted by Crippen LogP contribution is -1.94. The van der Waals surface area contributed by atoms with Gasteiger partial charge >= 0.3 is 0 Å². The van der Waals surface area contributed by atoms with E-state index in [0.29, 0.717) is 6.54 Å². The monoisotopic (exact) mass is 296 g/mol. The maximum absolute atomic E-state index is 5.64. The third kappa shape index (κ3) is 2.70. The van der Waals surface area contributed by atoms with E-state index in [1.54, 1.807) is 11.3 Å². The number of rotatable bonds is 3. The summed E-state index contributed by atoms with van der Waals surface area (Å²) < 4.78 is 1.11. The first-order chi connectivity index (χ1) is 7.69. The van der Waals surface area contributed by atoms with Gasteiger partial charge in [-0.25, -0.2) is 4.98 Å². The second-order valence-corrected chi connectivity index (χ2v) is 5.71. The highest BCUT2D eigenvalue weighted by molar-refractivity contribution is 9.10. The van der Waals surface area contributed by atoms with Crippen LogP contribution in [0.3, 0.4) is 0 Å². The molecule has 1 heterocycles. The predicted octanol–water partition coefficient (Wildman–Crippen LogP) is 3.26. The van der Waals surface area contributed by atoms with Crippen LogP contribution in [0.2, 0.25) is 0 Å². The van der Waals surface area contributed by atoms with Gasteiger partial charge in [-0.15, -0.1) is 11.3 Å². The van der Waals surface area contributed by atoms with E-state index in [2.05, 4.69) is 33.0 Å². The summed E-state index contributed by atoms with van der Waals surface area (Å²) in [6, 6.07) is 8.31. The zero-order valence-electron chi connectivity index (χ0n) is 9.03. The molecule has 0 spiro atoms. The molecule has 1 aromatic carbocycles. The minimum absolute atomic E-state index is 0.585. The van der Waals surface area contributed by atoms with Crippen LogP contribution < -0.4 is 5.73 Å². The van der Waals surface area contributed by atoms with Gasteiger partial charge in [-0.2, -0.15) is 0 Å². The number of hydrogen-bond donors (Lipinski definition) is 1. The first-order valence-electron chi connectivity index (χ1n) is 5.08. The van der Waals surface area contributed by atoms with Crippen molar-refractivity contribution in [3.63, 3.8) is 0 Å². The van der Waals surface area contributed by atoms with Gasteiger partial charge in [-0.05, 0) is 24.6 Å². The van der Waals surface area contributed by atoms with Gasteiger partial charge in [0, 0.05) is 22.3 Å². The maximum Gasteiger partial charge on any atom is 0.0975 e. The largest absolute Gasteiger partial charge is 0.326 e. The van der Waals surface area contributed by atoms with Crippen molar-refractivity contribution >= 4 is 27.3 Å². The van der Waals surface area contributed by atoms with Gasteiger partial charge in [0.05, 0.1) is 10.7 Å². The quantitative estimate of drug-likeness (QED) is 0.944. The summed E-state index contributed by atoms with van der Waals surface area (Å²) >= 11 is 5.18. The predicted molar refractivity (Wildman–Crippen MR) is 71.7 cm³/mol. The minimum atomic E-state index is 0.585. The summed E-state index contributed by atoms with van der Waals surface area (Å²) in [5.41, 5.74) is 7.98. The number of benzene rings is 1. The van der Waals surface area contributed by atoms with E-state index in [1.165, 1.54) is 10.4 Å². The second-order valence-electron chi connectivity index (χ2n) is 3.63. The Kier molecular flexibility index (Phi) is 3.74. The Balaban J connectivity index is 2.20. The lowest BCUT2D eigenvalue weighted by molar-refractivity contribution is 1.04. The Morgan fingerprint density at radius 1 is 1.44 bits per heavy atom. The number of aryl methyl sites for hydroxylation is 1. The van der Waals surface area contributed by atoms with Crippen LogP contribution in [0.5, 0.6) is 0 Å². The molecule has 0 amide bonds. The molecule has 0 radical (unpaired) electrons. The van der Waals surface area contributed by atoms with Crippen LogP contribution in [-0.2, 0) is 13.0 Å². The Labute approximate surface area is 108 Å². The lowest BCUT2D eigenvalue weighted by Gasteiger charge is -1.98. The fourth-order valence-electron chi connectivity index (χ4n) is 1.57. The number of hydrogen-bond acceptors (Lipinski definition) is 3. The van der Waals surface area contributed by atoms with Crippen LogP contribution in [-0.4, -0.2) is 4.98 Å². The molecule has 1 aromatic heterocycles. The molecule has 0 saturated carbocycles. The number of halogens is 1. The summed E-state index contributed by atoms with van der Waals surface area (Å²) in [7, 11) is 0. The summed E-state index contributed by atoms with van der Waals surface area (Å²) in [4.78, 5) is 5.71. The van der Waals surface area contributed by atoms with Crippen LogP contribution in [0.4, 0.5) is 0 Å². The van der Waals surface area contributed by atoms with E-state index in [1.807, 2.05) is 19.1 Å². The van der Waals surface area contributed by atoms with Crippen molar-refractivity contribution in [2.24, 2.45) is 5.73 Å². The molecule has 2 aromatic rings. The van der Waals surface area contributed by atoms with Gasteiger partial charge in [0.15, 0.2) is 0 Å². The minimum Gasteiger partial charge on any atom is -0.326 e. The van der Waals surface area contributed by atoms with Crippen molar-refractivity contribution in [1.29, 1.82) is 0 Å². The van der Waals surface area contributed by atoms with Gasteiger partial charge in [0.2, 0.25) is 0 Å². The first kappa shape index (κ1) is 11.8. The van der Waals surface area contributed by atoms with Crippen LogP contribution >= 0.6 is 27.3 Å². The van der Waals surface area contributed by atoms with E-state index in [9.17, 15) is 0 Å². The van der Waals surface area contributed by atoms with E-state index in [0.717, 1.165) is 21.6 Å². The van der Waals surface area contributed by atoms with E-state index in [-0.39, 0.29) is 0 Å². The number of thiazole rings is 1. The Morgan fingerprint density at radius 3 is 2.88 bits per heavy atom. The molecule has 0 fully saturated rings. The molecule has 84 valence electrons. The molecule has 2 nitrogen and oxygen atoms in total. The van der Waals surface area contributed by atoms with Gasteiger partial charge in [0.1, 0.15) is 0 Å². The topological polar surface area (TPSA) is 38.9 Å². The van der Waals surface area contributed by atoms with Crippen molar-refractivity contribution in [2.75, 3.05) is 0 Å². The lowest BCUT2D eigenvalue weighted by atomic mass is 10.2. The molecule has 0 aliphatic heterocycles. The Morgan fingerprint density at radius 2 is 2.25 bits per heavy atom. The fourth-order valence-corrected chi connectivity index (χ4v) is 3.00. The highest BCUT2D eigenvalue weighted by atomic mass is 79.9. The van der Waals surface area contributed by atoms with Gasteiger partial charge in [-0.1, -0.05) is 28.1 Å². The Hall–Kier alpha value is -0.710. The first-order valence-corrected chi connectivity index (χ1v) is 6.69. The zero-order valence-corrected chi connectivity index (χ0v) is 11.4. The molecule has 0 unspecified atom stereocenters. The van der Waals surface area contributed by atoms with Crippen LogP contribution in [0.25, 0.3) is 0 Å². The maximum atomic E-state index is 5.64. The zero-order chi connectivity index (χ0) is 11.5. The number of aromatic nitrogens is 1. The summed E-state index contributed by atoms with van der Waals surface area (Å²) in [5, 5.41) is 1.14. The molecule has 0 aliphatic rings. The number of nitrogens with two attached hydrogens (primary N) is 1. The second kappa shape index (κ2) is 5.08. The van der Waals surface area contributed by atoms with E-state index in [4.69, 9.17) is 5.73 Å². The molecule has 4 heteroatoms. The average Bonchev–Trinajstić information content (AvgIpc) is 2.58. The van der Waals surface area contributed by atoms with Crippen LogP contribution in [0, 0.1) is 6.92 Å². The molecular formula is C12H13BrN2S. The smallest absolute Gasteiger partial charge is 0.0975 e. The van der Waals surface area contributed by atoms with Crippen LogP contribution in [0.15, 0.2) is 28.7 Å². The molecule has 0 bridgehead atoms. The molecule has 16 heavy (non-hydrogen) atoms. The molecule has 0 atom stereocenters. The van der Waals surface area contributed by atoms with E-state index < -0.39 is 0 Å². The molecule has 0 aliphatic carbocycles. The van der Waals surface area contributed by atoms with Gasteiger partial charge < -0.3 is 5.73 Å². The summed E-state index contributed by atoms with van der Waals surface area (Å²) in [6.07, 6.45) is 0.880. The molecule has 2 N–H and O–H groups in total. The van der Waals surface area contributed by atoms with E-state index >= 15 is 0 Å². The molecule has 2 rings (SSSR count). The fraction of sp³-hybridized carbons (Fsp3) is 0.250. The third-order valence-corrected chi connectivity index (χ3v) is 4.04. The molecule has 0 saturated heterocycles. The van der Waals surface area contributed by atoms with Crippen molar-refractivity contribution in [1.82, 2.24) is 4.98 Å². The van der Waals surface area contributed by atoms with Crippen molar-refractivity contribution in [3.8, 4) is 0 Å². The highest BCUT2D eigenvalue weighted by Crippen LogP contribution is 2.21. The highest BCUT2D eigenvalue weighted by Gasteiger charge is 2.06. The SMILES string of the molecule is Cc1nc(Cc2cccc(Br)c2)sc1CN. The van der Waals surface area contributed by atoms with Gasteiger partial charge in [0.25, 0.3) is 0 Å². The normalized spacial score (nSPS) is 10.7.